The van der Waals surface area contributed by atoms with Crippen LogP contribution in [0.25, 0.3) is 16.7 Å². The topological polar surface area (TPSA) is 34.0 Å². The molecule has 4 nitrogen and oxygen atoms in total. The molecule has 0 unspecified atom stereocenters. The summed E-state index contributed by atoms with van der Waals surface area (Å²) in [6, 6.07) is 10.5. The second kappa shape index (κ2) is 3.88. The SMILES string of the molecule is Cc1cc(-n2n3c4ccc(C)cc4n23)c(O)c(C(C)(C)C)c1. The summed E-state index contributed by atoms with van der Waals surface area (Å²) in [6.45, 7) is 10.5. The zero-order chi connectivity index (χ0) is 15.8. The van der Waals surface area contributed by atoms with Gasteiger partial charge < -0.3 is 5.11 Å². The molecule has 0 saturated heterocycles. The van der Waals surface area contributed by atoms with Gasteiger partial charge in [0.05, 0.1) is 0 Å². The van der Waals surface area contributed by atoms with Gasteiger partial charge in [0, 0.05) is 5.56 Å². The second-order valence-corrected chi connectivity index (χ2v) is 7.29. The Kier molecular flexibility index (Phi) is 2.35. The van der Waals surface area contributed by atoms with Gasteiger partial charge in [-0.2, -0.15) is 0 Å². The zero-order valence-corrected chi connectivity index (χ0v) is 13.7. The molecule has 0 bridgehead atoms. The molecule has 2 heterocycles. The van der Waals surface area contributed by atoms with Crippen LogP contribution in [0.5, 0.6) is 5.75 Å². The van der Waals surface area contributed by atoms with E-state index in [1.54, 1.807) is 0 Å². The molecule has 0 amide bonds. The van der Waals surface area contributed by atoms with Crippen molar-refractivity contribution in [3.63, 3.8) is 0 Å². The Morgan fingerprint density at radius 3 is 2.23 bits per heavy atom. The maximum Gasteiger partial charge on any atom is 0.146 e. The van der Waals surface area contributed by atoms with Gasteiger partial charge in [0.15, 0.2) is 0 Å². The van der Waals surface area contributed by atoms with Gasteiger partial charge in [-0.15, -0.1) is 14.1 Å². The Morgan fingerprint density at radius 2 is 1.55 bits per heavy atom. The number of phenols is 1. The average molecular weight is 295 g/mol. The molecule has 0 spiro atoms. The van der Waals surface area contributed by atoms with Gasteiger partial charge in [-0.1, -0.05) is 32.9 Å². The van der Waals surface area contributed by atoms with Crippen molar-refractivity contribution in [1.82, 2.24) is 14.1 Å². The van der Waals surface area contributed by atoms with Crippen molar-refractivity contribution in [3.05, 3.63) is 47.0 Å². The largest absolute Gasteiger partial charge is 0.505 e. The predicted octanol–water partition coefficient (Wildman–Crippen LogP) is 4.04. The van der Waals surface area contributed by atoms with E-state index in [9.17, 15) is 5.11 Å². The minimum absolute atomic E-state index is 0.0893. The van der Waals surface area contributed by atoms with Gasteiger partial charge in [-0.25, -0.2) is 0 Å². The maximum atomic E-state index is 10.8. The Balaban J connectivity index is 1.95. The number of hydrogen-bond donors (Lipinski definition) is 1. The third-order valence-corrected chi connectivity index (χ3v) is 4.33. The molecule has 4 heteroatoms. The normalized spacial score (nSPS) is 13.0. The van der Waals surface area contributed by atoms with Crippen molar-refractivity contribution in [1.29, 1.82) is 0 Å². The van der Waals surface area contributed by atoms with Crippen LogP contribution < -0.4 is 0 Å². The summed E-state index contributed by atoms with van der Waals surface area (Å²) < 4.78 is 4.17. The lowest BCUT2D eigenvalue weighted by molar-refractivity contribution is 0.443. The summed E-state index contributed by atoms with van der Waals surface area (Å²) in [5.41, 5.74) is 6.52. The summed E-state index contributed by atoms with van der Waals surface area (Å²) in [4.78, 5) is 2.03. The third kappa shape index (κ3) is 1.64. The van der Waals surface area contributed by atoms with Crippen molar-refractivity contribution in [2.45, 2.75) is 40.0 Å². The van der Waals surface area contributed by atoms with E-state index in [-0.39, 0.29) is 5.41 Å². The molecule has 4 aromatic rings. The van der Waals surface area contributed by atoms with Crippen LogP contribution in [0, 0.1) is 13.8 Å². The highest BCUT2D eigenvalue weighted by atomic mass is 16.3. The second-order valence-electron chi connectivity index (χ2n) is 7.29. The Bertz CT molecular complexity index is 991. The Hall–Kier alpha value is -2.36. The molecule has 0 fully saturated rings. The highest BCUT2D eigenvalue weighted by Gasteiger charge is 2.28. The summed E-state index contributed by atoms with van der Waals surface area (Å²) in [5.74, 6) is 0.370. The van der Waals surface area contributed by atoms with Crippen LogP contribution in [-0.4, -0.2) is 19.2 Å². The lowest BCUT2D eigenvalue weighted by Gasteiger charge is -2.21. The number of rotatable bonds is 1. The molecule has 4 rings (SSSR count). The van der Waals surface area contributed by atoms with Crippen molar-refractivity contribution in [3.8, 4) is 11.4 Å². The van der Waals surface area contributed by atoms with E-state index in [4.69, 9.17) is 0 Å². The van der Waals surface area contributed by atoms with Crippen LogP contribution in [0.15, 0.2) is 30.3 Å². The number of phenolic OH excluding ortho intramolecular Hbond substituents is 1. The maximum absolute atomic E-state index is 10.8. The van der Waals surface area contributed by atoms with E-state index in [1.165, 1.54) is 16.6 Å². The molecule has 0 aliphatic carbocycles. The number of benzene rings is 2. The predicted molar refractivity (Wildman–Crippen MR) is 88.7 cm³/mol. The Morgan fingerprint density at radius 1 is 0.864 bits per heavy atom. The standard InChI is InChI=1S/C18H21N3O/c1-11-6-7-14-15(9-11)20-19(14)21(20)16-10-12(2)8-13(17(16)22)18(3,4)5/h6-10,22H,1-5H3. The first kappa shape index (κ1) is 13.3. The first-order chi connectivity index (χ1) is 10.3. The average Bonchev–Trinajstić information content (AvgIpc) is 3.07. The summed E-state index contributed by atoms with van der Waals surface area (Å²) in [7, 11) is 0. The number of hydrogen-bond acceptors (Lipinski definition) is 1. The molecular formula is C18H21N3O. The van der Waals surface area contributed by atoms with Crippen molar-refractivity contribution < 1.29 is 5.11 Å². The molecule has 114 valence electrons. The number of aromatic hydroxyl groups is 1. The monoisotopic (exact) mass is 295 g/mol. The van der Waals surface area contributed by atoms with Crippen LogP contribution in [0.1, 0.15) is 37.5 Å². The van der Waals surface area contributed by atoms with E-state index in [0.29, 0.717) is 5.75 Å². The molecule has 22 heavy (non-hydrogen) atoms. The molecule has 2 aromatic carbocycles. The first-order valence-corrected chi connectivity index (χ1v) is 7.64. The molecule has 0 atom stereocenters. The van der Waals surface area contributed by atoms with E-state index in [2.05, 4.69) is 68.1 Å². The fourth-order valence-corrected chi connectivity index (χ4v) is 3.14. The van der Waals surface area contributed by atoms with Crippen LogP contribution in [0.2, 0.25) is 0 Å². The van der Waals surface area contributed by atoms with Gasteiger partial charge in [-0.05, 0) is 48.6 Å². The van der Waals surface area contributed by atoms with Crippen LogP contribution in [0.3, 0.4) is 0 Å². The van der Waals surface area contributed by atoms with Crippen LogP contribution in [-0.2, 0) is 5.41 Å². The number of nitrogens with zero attached hydrogens (tertiary/aromatic N) is 3. The van der Waals surface area contributed by atoms with E-state index in [1.807, 2.05) is 10.9 Å². The molecule has 2 aromatic heterocycles. The van der Waals surface area contributed by atoms with E-state index < -0.39 is 0 Å². The molecule has 0 aliphatic rings. The minimum Gasteiger partial charge on any atom is -0.505 e. The number of fused-ring (bicyclic) bond motifs is 4. The van der Waals surface area contributed by atoms with Crippen molar-refractivity contribution in [2.24, 2.45) is 0 Å². The number of aryl methyl sites for hydroxylation is 2. The van der Waals surface area contributed by atoms with Gasteiger partial charge in [0.2, 0.25) is 0 Å². The molecule has 0 aliphatic heterocycles. The Labute approximate surface area is 129 Å². The highest BCUT2D eigenvalue weighted by Crippen LogP contribution is 2.38. The van der Waals surface area contributed by atoms with Gasteiger partial charge in [0.1, 0.15) is 22.5 Å². The molecular weight excluding hydrogens is 274 g/mol. The van der Waals surface area contributed by atoms with Gasteiger partial charge >= 0.3 is 0 Å². The lowest BCUT2D eigenvalue weighted by Crippen LogP contribution is -2.12. The summed E-state index contributed by atoms with van der Waals surface area (Å²) >= 11 is 0. The fourth-order valence-electron chi connectivity index (χ4n) is 3.14. The van der Waals surface area contributed by atoms with E-state index >= 15 is 0 Å². The van der Waals surface area contributed by atoms with E-state index in [0.717, 1.165) is 16.8 Å². The lowest BCUT2D eigenvalue weighted by atomic mass is 9.85. The molecule has 1 N–H and O–H groups in total. The van der Waals surface area contributed by atoms with Crippen molar-refractivity contribution >= 4 is 11.0 Å². The smallest absolute Gasteiger partial charge is 0.146 e. The first-order valence-electron chi connectivity index (χ1n) is 7.64. The highest BCUT2D eigenvalue weighted by molar-refractivity contribution is 5.80. The van der Waals surface area contributed by atoms with Gasteiger partial charge in [-0.3, -0.25) is 0 Å². The van der Waals surface area contributed by atoms with Crippen LogP contribution >= 0.6 is 0 Å². The minimum atomic E-state index is -0.0893. The molecule has 0 radical (unpaired) electrons. The number of aromatic nitrogens is 3. The fraction of sp³-hybridized carbons (Fsp3) is 0.333. The quantitative estimate of drug-likeness (QED) is 0.565. The third-order valence-electron chi connectivity index (χ3n) is 4.33. The summed E-state index contributed by atoms with van der Waals surface area (Å²) in [6.07, 6.45) is 0. The van der Waals surface area contributed by atoms with Crippen molar-refractivity contribution in [2.75, 3.05) is 0 Å². The van der Waals surface area contributed by atoms with Gasteiger partial charge in [0.25, 0.3) is 0 Å². The zero-order valence-electron chi connectivity index (χ0n) is 13.7. The summed E-state index contributed by atoms with van der Waals surface area (Å²) in [5, 5.41) is 10.8. The molecule has 0 saturated carbocycles. The van der Waals surface area contributed by atoms with Crippen LogP contribution in [0.4, 0.5) is 0 Å².